The molecule has 0 bridgehead atoms. The molecule has 3 nitrogen and oxygen atoms in total. The topological polar surface area (TPSA) is 41.5 Å². The lowest BCUT2D eigenvalue weighted by Crippen LogP contribution is -1.92. The summed E-state index contributed by atoms with van der Waals surface area (Å²) in [5, 5.41) is 4.57. The van der Waals surface area contributed by atoms with Gasteiger partial charge in [0.15, 0.2) is 0 Å². The van der Waals surface area contributed by atoms with Gasteiger partial charge in [-0.15, -0.1) is 0 Å². The molecular formula is C10H9N2OS+. The van der Waals surface area contributed by atoms with Crippen molar-refractivity contribution in [3.8, 4) is 0 Å². The lowest BCUT2D eigenvalue weighted by molar-refractivity contribution is -0.105. The Labute approximate surface area is 87.4 Å². The smallest absolute Gasteiger partial charge is 0.329 e. The highest BCUT2D eigenvalue weighted by atomic mass is 32.2. The Morgan fingerprint density at radius 3 is 3.29 bits per heavy atom. The number of hydrogen-bond donors (Lipinski definition) is 1. The second-order valence-electron chi connectivity index (χ2n) is 2.67. The van der Waals surface area contributed by atoms with Crippen LogP contribution < -0.4 is 5.32 Å². The highest BCUT2D eigenvalue weighted by Crippen LogP contribution is 2.33. The Hall–Kier alpha value is -1.55. The first kappa shape index (κ1) is 9.02. The summed E-state index contributed by atoms with van der Waals surface area (Å²) in [4.78, 5) is 15.6. The largest absolute Gasteiger partial charge is 1.00 e. The van der Waals surface area contributed by atoms with Crippen molar-refractivity contribution in [2.75, 3.05) is 5.32 Å². The van der Waals surface area contributed by atoms with Gasteiger partial charge in [0.05, 0.1) is 5.69 Å². The molecule has 0 saturated carbocycles. The SMILES string of the molecule is O=CNc1ccc2c(c1)N=CC=CS2.[H+]. The molecule has 4 heteroatoms. The van der Waals surface area contributed by atoms with Crippen LogP contribution in [0.1, 0.15) is 1.43 Å². The predicted octanol–water partition coefficient (Wildman–Crippen LogP) is 2.69. The maximum Gasteiger partial charge on any atom is 1.00 e. The van der Waals surface area contributed by atoms with Crippen molar-refractivity contribution >= 4 is 35.8 Å². The fourth-order valence-corrected chi connectivity index (χ4v) is 1.82. The number of amides is 1. The molecular weight excluding hydrogens is 196 g/mol. The quantitative estimate of drug-likeness (QED) is 0.754. The van der Waals surface area contributed by atoms with Gasteiger partial charge in [-0.1, -0.05) is 11.8 Å². The number of benzene rings is 1. The van der Waals surface area contributed by atoms with Crippen LogP contribution in [-0.2, 0) is 4.79 Å². The number of thioether (sulfide) groups is 1. The van der Waals surface area contributed by atoms with Crippen LogP contribution in [0.15, 0.2) is 39.6 Å². The van der Waals surface area contributed by atoms with E-state index >= 15 is 0 Å². The second-order valence-corrected chi connectivity index (χ2v) is 3.62. The van der Waals surface area contributed by atoms with Crippen LogP contribution in [0.3, 0.4) is 0 Å². The second kappa shape index (κ2) is 4.11. The zero-order valence-electron chi connectivity index (χ0n) is 8.31. The van der Waals surface area contributed by atoms with Crippen molar-refractivity contribution in [1.29, 1.82) is 0 Å². The molecule has 1 aliphatic heterocycles. The summed E-state index contributed by atoms with van der Waals surface area (Å²) in [5.41, 5.74) is 1.64. The summed E-state index contributed by atoms with van der Waals surface area (Å²) in [7, 11) is 0. The van der Waals surface area contributed by atoms with Crippen LogP contribution in [0, 0.1) is 0 Å². The van der Waals surface area contributed by atoms with E-state index in [0.29, 0.717) is 6.41 Å². The average molecular weight is 205 g/mol. The third-order valence-corrected chi connectivity index (χ3v) is 2.65. The van der Waals surface area contributed by atoms with E-state index in [-0.39, 0.29) is 1.43 Å². The zero-order valence-corrected chi connectivity index (χ0v) is 8.12. The Morgan fingerprint density at radius 2 is 2.43 bits per heavy atom. The van der Waals surface area contributed by atoms with Gasteiger partial charge in [-0.25, -0.2) is 0 Å². The molecule has 0 spiro atoms. The van der Waals surface area contributed by atoms with Gasteiger partial charge in [-0.3, -0.25) is 9.79 Å². The standard InChI is InChI=1S/C10H8N2OS/c13-7-12-8-2-3-10-9(6-8)11-4-1-5-14-10/h1-7H,(H,12,13)/p+1. The monoisotopic (exact) mass is 205 g/mol. The molecule has 2 rings (SSSR count). The molecule has 1 aromatic rings. The summed E-state index contributed by atoms with van der Waals surface area (Å²) in [6.07, 6.45) is 4.29. The average Bonchev–Trinajstić information content (AvgIpc) is 2.42. The van der Waals surface area contributed by atoms with Crippen molar-refractivity contribution in [1.82, 2.24) is 0 Å². The molecule has 1 amide bonds. The third kappa shape index (κ3) is 1.85. The minimum atomic E-state index is 0. The third-order valence-electron chi connectivity index (χ3n) is 1.76. The van der Waals surface area contributed by atoms with E-state index in [1.165, 1.54) is 0 Å². The number of fused-ring (bicyclic) bond motifs is 1. The molecule has 1 aromatic carbocycles. The van der Waals surface area contributed by atoms with Crippen LogP contribution in [-0.4, -0.2) is 12.6 Å². The van der Waals surface area contributed by atoms with Crippen LogP contribution in [0.2, 0.25) is 0 Å². The molecule has 14 heavy (non-hydrogen) atoms. The number of nitrogens with zero attached hydrogens (tertiary/aromatic N) is 1. The van der Waals surface area contributed by atoms with Gasteiger partial charge in [0, 0.05) is 16.8 Å². The number of nitrogens with one attached hydrogen (secondary N) is 1. The van der Waals surface area contributed by atoms with Crippen molar-refractivity contribution in [2.45, 2.75) is 4.90 Å². The Balaban J connectivity index is 0.00000112. The van der Waals surface area contributed by atoms with E-state index in [1.54, 1.807) is 18.0 Å². The fourth-order valence-electron chi connectivity index (χ4n) is 1.15. The Bertz CT molecular complexity index is 418. The molecule has 0 unspecified atom stereocenters. The number of aliphatic imine (C=N–C) groups is 1. The summed E-state index contributed by atoms with van der Waals surface area (Å²) >= 11 is 1.61. The van der Waals surface area contributed by atoms with Gasteiger partial charge in [0.2, 0.25) is 6.41 Å². The van der Waals surface area contributed by atoms with E-state index in [4.69, 9.17) is 0 Å². The molecule has 1 heterocycles. The minimum absolute atomic E-state index is 0. The minimum Gasteiger partial charge on any atom is -0.329 e. The van der Waals surface area contributed by atoms with Crippen LogP contribution in [0.4, 0.5) is 11.4 Å². The van der Waals surface area contributed by atoms with Crippen molar-refractivity contribution in [2.24, 2.45) is 4.99 Å². The number of rotatable bonds is 2. The number of hydrogen-bond acceptors (Lipinski definition) is 3. The summed E-state index contributed by atoms with van der Waals surface area (Å²) < 4.78 is 0. The van der Waals surface area contributed by atoms with Crippen LogP contribution >= 0.6 is 11.8 Å². The first-order valence-electron chi connectivity index (χ1n) is 4.10. The Morgan fingerprint density at radius 1 is 1.50 bits per heavy atom. The van der Waals surface area contributed by atoms with E-state index in [2.05, 4.69) is 10.3 Å². The molecule has 0 saturated heterocycles. The molecule has 1 aliphatic rings. The molecule has 0 fully saturated rings. The number of carbonyl (C=O) groups is 1. The van der Waals surface area contributed by atoms with Crippen LogP contribution in [0.25, 0.3) is 0 Å². The van der Waals surface area contributed by atoms with Gasteiger partial charge in [0.25, 0.3) is 0 Å². The van der Waals surface area contributed by atoms with E-state index in [1.807, 2.05) is 29.7 Å². The van der Waals surface area contributed by atoms with Gasteiger partial charge in [-0.2, -0.15) is 0 Å². The normalized spacial score (nSPS) is 13.1. The Kier molecular flexibility index (Phi) is 2.65. The number of anilines is 1. The van der Waals surface area contributed by atoms with Gasteiger partial charge < -0.3 is 5.32 Å². The molecule has 70 valence electrons. The summed E-state index contributed by atoms with van der Waals surface area (Å²) in [6, 6.07) is 5.65. The predicted molar refractivity (Wildman–Crippen MR) is 60.4 cm³/mol. The fraction of sp³-hybridized carbons (Fsp3) is 0. The number of carbonyl (C=O) groups excluding carboxylic acids is 1. The molecule has 0 aliphatic carbocycles. The van der Waals surface area contributed by atoms with E-state index in [9.17, 15) is 4.79 Å². The molecule has 0 aromatic heterocycles. The zero-order chi connectivity index (χ0) is 9.80. The van der Waals surface area contributed by atoms with E-state index in [0.717, 1.165) is 16.3 Å². The molecule has 0 atom stereocenters. The maximum absolute atomic E-state index is 10.2. The molecule has 0 radical (unpaired) electrons. The summed E-state index contributed by atoms with van der Waals surface area (Å²) in [6.45, 7) is 0. The lowest BCUT2D eigenvalue weighted by Gasteiger charge is -2.03. The lowest BCUT2D eigenvalue weighted by atomic mass is 10.3. The summed E-state index contributed by atoms with van der Waals surface area (Å²) in [5.74, 6) is 0. The van der Waals surface area contributed by atoms with Gasteiger partial charge in [0.1, 0.15) is 0 Å². The maximum atomic E-state index is 10.2. The van der Waals surface area contributed by atoms with Crippen molar-refractivity contribution < 1.29 is 6.22 Å². The first-order chi connectivity index (χ1) is 6.90. The van der Waals surface area contributed by atoms with E-state index < -0.39 is 0 Å². The highest BCUT2D eigenvalue weighted by molar-refractivity contribution is 8.02. The molecule has 1 N–H and O–H groups in total. The highest BCUT2D eigenvalue weighted by Gasteiger charge is 2.03. The number of allylic oxidation sites excluding steroid dienone is 1. The van der Waals surface area contributed by atoms with Crippen molar-refractivity contribution in [3.05, 3.63) is 29.7 Å². The van der Waals surface area contributed by atoms with Crippen LogP contribution in [0.5, 0.6) is 0 Å². The van der Waals surface area contributed by atoms with Gasteiger partial charge >= 0.3 is 1.43 Å². The van der Waals surface area contributed by atoms with Gasteiger partial charge in [-0.05, 0) is 29.7 Å². The first-order valence-corrected chi connectivity index (χ1v) is 4.98. The van der Waals surface area contributed by atoms with Crippen molar-refractivity contribution in [3.63, 3.8) is 0 Å².